The monoisotopic (exact) mass is 567 g/mol. The first-order valence-electron chi connectivity index (χ1n) is 13.4. The van der Waals surface area contributed by atoms with Crippen LogP contribution in [0.15, 0.2) is 83.4 Å². The minimum Gasteiger partial charge on any atom is -0.428 e. The standard InChI is InChI=1S/C31H29N5O4S/c1-20-21(2)40-31(33-20)34-30(37)24-12-8-9-22(17-24)18-26-28(27-13-6-7-15-32-27)35-36(25-14-16-41(38,39)19-25)29(26)23-10-4-3-5-11-23/h3-13,15,17,25H,14,16,18-19H2,1-2H3,(H,33,34,37). The molecule has 6 rings (SSSR count). The molecule has 5 aromatic rings. The zero-order chi connectivity index (χ0) is 28.6. The van der Waals surface area contributed by atoms with Crippen molar-refractivity contribution in [3.05, 3.63) is 107 Å². The maximum absolute atomic E-state index is 13.1. The summed E-state index contributed by atoms with van der Waals surface area (Å²) in [5, 5.41) is 7.75. The number of rotatable bonds is 7. The Morgan fingerprint density at radius 2 is 1.85 bits per heavy atom. The quantitative estimate of drug-likeness (QED) is 0.279. The lowest BCUT2D eigenvalue weighted by atomic mass is 9.96. The molecule has 41 heavy (non-hydrogen) atoms. The molecule has 10 heteroatoms. The van der Waals surface area contributed by atoms with Crippen LogP contribution in [0.5, 0.6) is 0 Å². The van der Waals surface area contributed by atoms with Gasteiger partial charge in [-0.25, -0.2) is 8.42 Å². The molecule has 9 nitrogen and oxygen atoms in total. The van der Waals surface area contributed by atoms with Crippen molar-refractivity contribution in [1.82, 2.24) is 19.7 Å². The van der Waals surface area contributed by atoms with E-state index in [4.69, 9.17) is 9.52 Å². The summed E-state index contributed by atoms with van der Waals surface area (Å²) in [5.74, 6) is 0.510. The number of anilines is 1. The van der Waals surface area contributed by atoms with Gasteiger partial charge >= 0.3 is 6.01 Å². The molecular weight excluding hydrogens is 538 g/mol. The van der Waals surface area contributed by atoms with Crippen molar-refractivity contribution < 1.29 is 17.6 Å². The van der Waals surface area contributed by atoms with Crippen LogP contribution in [0.1, 0.15) is 45.4 Å². The molecule has 1 saturated heterocycles. The molecule has 1 N–H and O–H groups in total. The Hall–Kier alpha value is -4.57. The molecule has 0 bridgehead atoms. The third-order valence-electron chi connectivity index (χ3n) is 7.34. The predicted octanol–water partition coefficient (Wildman–Crippen LogP) is 5.42. The number of aromatic nitrogens is 4. The van der Waals surface area contributed by atoms with E-state index in [9.17, 15) is 13.2 Å². The summed E-state index contributed by atoms with van der Waals surface area (Å²) >= 11 is 0. The molecule has 0 saturated carbocycles. The lowest BCUT2D eigenvalue weighted by Crippen LogP contribution is -2.14. The first kappa shape index (κ1) is 26.6. The first-order chi connectivity index (χ1) is 19.8. The Balaban J connectivity index is 1.44. The number of nitrogens with one attached hydrogen (secondary N) is 1. The number of hydrogen-bond acceptors (Lipinski definition) is 7. The van der Waals surface area contributed by atoms with Gasteiger partial charge in [-0.15, -0.1) is 0 Å². The zero-order valence-electron chi connectivity index (χ0n) is 22.7. The van der Waals surface area contributed by atoms with Crippen LogP contribution in [0, 0.1) is 13.8 Å². The van der Waals surface area contributed by atoms with Gasteiger partial charge in [0.2, 0.25) is 0 Å². The normalized spacial score (nSPS) is 16.1. The highest BCUT2D eigenvalue weighted by molar-refractivity contribution is 7.91. The van der Waals surface area contributed by atoms with E-state index in [1.54, 1.807) is 19.2 Å². The van der Waals surface area contributed by atoms with Crippen molar-refractivity contribution in [3.8, 4) is 22.6 Å². The minimum absolute atomic E-state index is 0.0467. The highest BCUT2D eigenvalue weighted by Gasteiger charge is 2.33. The van der Waals surface area contributed by atoms with E-state index in [2.05, 4.69) is 15.3 Å². The number of nitrogens with zero attached hydrogens (tertiary/aromatic N) is 4. The van der Waals surface area contributed by atoms with Gasteiger partial charge < -0.3 is 4.42 Å². The molecular formula is C31H29N5O4S. The summed E-state index contributed by atoms with van der Waals surface area (Å²) in [6.07, 6.45) is 2.67. The molecule has 0 aliphatic carbocycles. The fraction of sp³-hybridized carbons (Fsp3) is 0.226. The van der Waals surface area contributed by atoms with Crippen molar-refractivity contribution in [2.24, 2.45) is 0 Å². The summed E-state index contributed by atoms with van der Waals surface area (Å²) in [4.78, 5) is 21.9. The number of oxazole rings is 1. The second kappa shape index (κ2) is 10.8. The van der Waals surface area contributed by atoms with E-state index >= 15 is 0 Å². The van der Waals surface area contributed by atoms with E-state index in [-0.39, 0.29) is 29.5 Å². The van der Waals surface area contributed by atoms with Gasteiger partial charge in [-0.1, -0.05) is 48.5 Å². The fourth-order valence-electron chi connectivity index (χ4n) is 5.20. The SMILES string of the molecule is Cc1nc(NC(=O)c2cccc(Cc3c(-c4ccccn4)nn(C4CCS(=O)(=O)C4)c3-c3ccccc3)c2)oc1C. The minimum atomic E-state index is -3.15. The van der Waals surface area contributed by atoms with Gasteiger partial charge in [-0.05, 0) is 50.1 Å². The number of sulfone groups is 1. The van der Waals surface area contributed by atoms with Crippen LogP contribution in [0.4, 0.5) is 6.01 Å². The average Bonchev–Trinajstić information content (AvgIpc) is 3.63. The van der Waals surface area contributed by atoms with Gasteiger partial charge in [0, 0.05) is 29.3 Å². The van der Waals surface area contributed by atoms with Crippen LogP contribution in [0.25, 0.3) is 22.6 Å². The van der Waals surface area contributed by atoms with Gasteiger partial charge in [0.1, 0.15) is 11.5 Å². The molecule has 1 unspecified atom stereocenters. The molecule has 1 fully saturated rings. The van der Waals surface area contributed by atoms with Crippen LogP contribution in [-0.4, -0.2) is 45.6 Å². The van der Waals surface area contributed by atoms with Crippen LogP contribution >= 0.6 is 0 Å². The average molecular weight is 568 g/mol. The molecule has 208 valence electrons. The summed E-state index contributed by atoms with van der Waals surface area (Å²) in [6.45, 7) is 3.61. The van der Waals surface area contributed by atoms with Crippen LogP contribution in [0.3, 0.4) is 0 Å². The van der Waals surface area contributed by atoms with Gasteiger partial charge in [0.15, 0.2) is 9.84 Å². The van der Waals surface area contributed by atoms with E-state index in [0.717, 1.165) is 28.1 Å². The maximum Gasteiger partial charge on any atom is 0.302 e. The molecule has 0 radical (unpaired) electrons. The third kappa shape index (κ3) is 5.55. The van der Waals surface area contributed by atoms with Crippen molar-refractivity contribution in [1.29, 1.82) is 0 Å². The van der Waals surface area contributed by atoms with E-state index < -0.39 is 9.84 Å². The lowest BCUT2D eigenvalue weighted by Gasteiger charge is -2.15. The number of carbonyl (C=O) groups is 1. The van der Waals surface area contributed by atoms with E-state index in [0.29, 0.717) is 35.6 Å². The largest absolute Gasteiger partial charge is 0.428 e. The third-order valence-corrected chi connectivity index (χ3v) is 9.09. The highest BCUT2D eigenvalue weighted by Crippen LogP contribution is 2.37. The Morgan fingerprint density at radius 3 is 2.54 bits per heavy atom. The molecule has 2 aromatic carbocycles. The van der Waals surface area contributed by atoms with Gasteiger partial charge in [0.25, 0.3) is 5.91 Å². The lowest BCUT2D eigenvalue weighted by molar-refractivity contribution is 0.102. The second-order valence-electron chi connectivity index (χ2n) is 10.3. The van der Waals surface area contributed by atoms with Crippen LogP contribution in [-0.2, 0) is 16.3 Å². The zero-order valence-corrected chi connectivity index (χ0v) is 23.6. The number of benzene rings is 2. The summed E-state index contributed by atoms with van der Waals surface area (Å²) in [6, 6.07) is 22.8. The molecule has 1 aliphatic rings. The fourth-order valence-corrected chi connectivity index (χ4v) is 6.89. The summed E-state index contributed by atoms with van der Waals surface area (Å²) < 4.78 is 32.3. The Morgan fingerprint density at radius 1 is 1.05 bits per heavy atom. The Labute approximate surface area is 238 Å². The first-order valence-corrected chi connectivity index (χ1v) is 15.2. The number of amides is 1. The Bertz CT molecular complexity index is 1810. The molecule has 0 spiro atoms. The van der Waals surface area contributed by atoms with Gasteiger partial charge in [0.05, 0.1) is 34.6 Å². The predicted molar refractivity (Wildman–Crippen MR) is 156 cm³/mol. The highest BCUT2D eigenvalue weighted by atomic mass is 32.2. The van der Waals surface area contributed by atoms with Crippen molar-refractivity contribution in [2.45, 2.75) is 32.7 Å². The molecule has 1 atom stereocenters. The summed E-state index contributed by atoms with van der Waals surface area (Å²) in [5.41, 5.74) is 6.17. The van der Waals surface area contributed by atoms with Crippen molar-refractivity contribution in [3.63, 3.8) is 0 Å². The summed E-state index contributed by atoms with van der Waals surface area (Å²) in [7, 11) is -3.15. The van der Waals surface area contributed by atoms with Crippen LogP contribution in [0.2, 0.25) is 0 Å². The number of hydrogen-bond donors (Lipinski definition) is 1. The van der Waals surface area contributed by atoms with E-state index in [1.807, 2.05) is 78.3 Å². The Kier molecular flexibility index (Phi) is 7.00. The van der Waals surface area contributed by atoms with Crippen molar-refractivity contribution >= 4 is 21.8 Å². The topological polar surface area (TPSA) is 120 Å². The van der Waals surface area contributed by atoms with Crippen molar-refractivity contribution in [2.75, 3.05) is 16.8 Å². The van der Waals surface area contributed by atoms with E-state index in [1.165, 1.54) is 0 Å². The second-order valence-corrected chi connectivity index (χ2v) is 12.5. The number of pyridine rings is 1. The molecule has 3 aromatic heterocycles. The number of carbonyl (C=O) groups excluding carboxylic acids is 1. The molecule has 1 aliphatic heterocycles. The maximum atomic E-state index is 13.1. The van der Waals surface area contributed by atoms with Crippen LogP contribution < -0.4 is 5.32 Å². The van der Waals surface area contributed by atoms with Gasteiger partial charge in [-0.2, -0.15) is 10.1 Å². The molecule has 1 amide bonds. The number of aryl methyl sites for hydroxylation is 2. The smallest absolute Gasteiger partial charge is 0.302 e. The molecule has 4 heterocycles. The van der Waals surface area contributed by atoms with Gasteiger partial charge in [-0.3, -0.25) is 19.8 Å².